The number of methoxy groups -OCH3 is 1. The van der Waals surface area contributed by atoms with Gasteiger partial charge in [-0.3, -0.25) is 9.59 Å². The van der Waals surface area contributed by atoms with Crippen molar-refractivity contribution in [3.8, 4) is 28.4 Å². The van der Waals surface area contributed by atoms with Crippen LogP contribution in [-0.2, 0) is 9.53 Å². The van der Waals surface area contributed by atoms with E-state index >= 15 is 0 Å². The minimum atomic E-state index is -0.636. The maximum atomic E-state index is 13.4. The van der Waals surface area contributed by atoms with E-state index in [0.29, 0.717) is 35.0 Å². The van der Waals surface area contributed by atoms with Gasteiger partial charge < -0.3 is 24.1 Å². The predicted octanol–water partition coefficient (Wildman–Crippen LogP) is 5.60. The van der Waals surface area contributed by atoms with E-state index in [0.717, 1.165) is 5.56 Å². The zero-order chi connectivity index (χ0) is 25.8. The molecule has 0 aliphatic rings. The van der Waals surface area contributed by atoms with E-state index in [9.17, 15) is 19.8 Å². The first kappa shape index (κ1) is 24.9. The summed E-state index contributed by atoms with van der Waals surface area (Å²) in [4.78, 5) is 25.7. The fraction of sp³-hybridized carbons (Fsp3) is 0.241. The number of carbonyl (C=O) groups is 1. The van der Waals surface area contributed by atoms with Gasteiger partial charge in [0.25, 0.3) is 0 Å². The average Bonchev–Trinajstić information content (AvgIpc) is 2.87. The Morgan fingerprint density at radius 1 is 0.972 bits per heavy atom. The summed E-state index contributed by atoms with van der Waals surface area (Å²) in [5, 5.41) is 20.7. The van der Waals surface area contributed by atoms with Crippen LogP contribution in [0.25, 0.3) is 22.1 Å². The molecule has 1 unspecified atom stereocenters. The van der Waals surface area contributed by atoms with Gasteiger partial charge in [0, 0.05) is 11.5 Å². The molecule has 7 nitrogen and oxygen atoms in total. The van der Waals surface area contributed by atoms with Crippen LogP contribution in [0.5, 0.6) is 17.2 Å². The summed E-state index contributed by atoms with van der Waals surface area (Å²) >= 11 is 0. The highest BCUT2D eigenvalue weighted by molar-refractivity contribution is 5.87. The fourth-order valence-corrected chi connectivity index (χ4v) is 4.08. The van der Waals surface area contributed by atoms with Crippen LogP contribution in [0.15, 0.2) is 76.1 Å². The monoisotopic (exact) mass is 488 g/mol. The van der Waals surface area contributed by atoms with Crippen LogP contribution in [0.3, 0.4) is 0 Å². The van der Waals surface area contributed by atoms with Gasteiger partial charge in [-0.05, 0) is 53.4 Å². The molecule has 186 valence electrons. The van der Waals surface area contributed by atoms with Gasteiger partial charge in [-0.1, -0.05) is 38.1 Å². The number of ether oxygens (including phenoxy) is 2. The number of hydrogen-bond donors (Lipinski definition) is 2. The number of phenolic OH excluding ortho intramolecular Hbond substituents is 2. The van der Waals surface area contributed by atoms with E-state index in [2.05, 4.69) is 13.8 Å². The Morgan fingerprint density at radius 2 is 1.67 bits per heavy atom. The van der Waals surface area contributed by atoms with Crippen molar-refractivity contribution < 1.29 is 28.9 Å². The molecule has 36 heavy (non-hydrogen) atoms. The molecule has 0 amide bonds. The first-order valence-electron chi connectivity index (χ1n) is 11.6. The molecule has 0 bridgehead atoms. The molecule has 0 spiro atoms. The van der Waals surface area contributed by atoms with Crippen LogP contribution < -0.4 is 10.2 Å². The van der Waals surface area contributed by atoms with Crippen LogP contribution in [-0.4, -0.2) is 29.9 Å². The largest absolute Gasteiger partial charge is 0.508 e. The van der Waals surface area contributed by atoms with Crippen LogP contribution in [0.2, 0.25) is 0 Å². The lowest BCUT2D eigenvalue weighted by atomic mass is 9.86. The van der Waals surface area contributed by atoms with Gasteiger partial charge in [0.1, 0.15) is 29.1 Å². The maximum absolute atomic E-state index is 13.4. The molecule has 1 aromatic heterocycles. The molecule has 0 saturated carbocycles. The lowest BCUT2D eigenvalue weighted by molar-refractivity contribution is -0.140. The van der Waals surface area contributed by atoms with Gasteiger partial charge >= 0.3 is 5.97 Å². The highest BCUT2D eigenvalue weighted by Gasteiger charge is 2.26. The molecular formula is C29H28O7. The normalized spacial score (nSPS) is 12.0. The van der Waals surface area contributed by atoms with Crippen molar-refractivity contribution in [2.45, 2.75) is 26.2 Å². The fourth-order valence-electron chi connectivity index (χ4n) is 4.08. The lowest BCUT2D eigenvalue weighted by Gasteiger charge is -2.20. The van der Waals surface area contributed by atoms with Crippen molar-refractivity contribution in [2.75, 3.05) is 13.7 Å². The summed E-state index contributed by atoms with van der Waals surface area (Å²) < 4.78 is 16.6. The Bertz CT molecular complexity index is 1420. The number of phenols is 2. The molecular weight excluding hydrogens is 460 g/mol. The summed E-state index contributed by atoms with van der Waals surface area (Å²) in [7, 11) is 1.30. The van der Waals surface area contributed by atoms with Gasteiger partial charge in [0.15, 0.2) is 0 Å². The van der Waals surface area contributed by atoms with Crippen molar-refractivity contribution in [3.05, 3.63) is 88.3 Å². The van der Waals surface area contributed by atoms with E-state index in [1.165, 1.54) is 37.6 Å². The second-order valence-electron chi connectivity index (χ2n) is 9.01. The van der Waals surface area contributed by atoms with Crippen molar-refractivity contribution in [3.63, 3.8) is 0 Å². The topological polar surface area (TPSA) is 106 Å². The first-order valence-corrected chi connectivity index (χ1v) is 11.6. The minimum Gasteiger partial charge on any atom is -0.508 e. The first-order chi connectivity index (χ1) is 17.3. The standard InChI is InChI=1S/C29H28O7/c1-17(2)15-35-21-10-6-18(7-11-21)23(14-26(32)34-3)27-25(31)13-12-22-28(33)24(16-36-29(22)27)19-4-8-20(30)9-5-19/h4-13,16-17,23,30-31H,14-15H2,1-3H3. The van der Waals surface area contributed by atoms with Crippen LogP contribution in [0.1, 0.15) is 37.3 Å². The number of aromatic hydroxyl groups is 2. The van der Waals surface area contributed by atoms with Gasteiger partial charge in [-0.25, -0.2) is 0 Å². The number of fused-ring (bicyclic) bond motifs is 1. The number of rotatable bonds is 8. The number of carbonyl (C=O) groups excluding carboxylic acids is 1. The lowest BCUT2D eigenvalue weighted by Crippen LogP contribution is -2.13. The Labute approximate surface area is 208 Å². The zero-order valence-electron chi connectivity index (χ0n) is 20.4. The van der Waals surface area contributed by atoms with E-state index < -0.39 is 11.9 Å². The van der Waals surface area contributed by atoms with Crippen molar-refractivity contribution in [2.24, 2.45) is 5.92 Å². The molecule has 4 rings (SSSR count). The predicted molar refractivity (Wildman–Crippen MR) is 137 cm³/mol. The zero-order valence-corrected chi connectivity index (χ0v) is 20.4. The summed E-state index contributed by atoms with van der Waals surface area (Å²) in [5.74, 6) is -0.0581. The third-order valence-corrected chi connectivity index (χ3v) is 5.95. The highest BCUT2D eigenvalue weighted by Crippen LogP contribution is 2.39. The summed E-state index contributed by atoms with van der Waals surface area (Å²) in [6, 6.07) is 16.4. The van der Waals surface area contributed by atoms with Crippen molar-refractivity contribution in [1.29, 1.82) is 0 Å². The molecule has 2 N–H and O–H groups in total. The van der Waals surface area contributed by atoms with E-state index in [-0.39, 0.29) is 34.3 Å². The van der Waals surface area contributed by atoms with E-state index in [1.807, 2.05) is 24.3 Å². The third kappa shape index (κ3) is 5.20. The molecule has 1 heterocycles. The molecule has 7 heteroatoms. The summed E-state index contributed by atoms with van der Waals surface area (Å²) in [6.45, 7) is 4.69. The summed E-state index contributed by atoms with van der Waals surface area (Å²) in [6.07, 6.45) is 1.26. The minimum absolute atomic E-state index is 0.0706. The number of hydrogen-bond acceptors (Lipinski definition) is 7. The quantitative estimate of drug-likeness (QED) is 0.311. The molecule has 4 aromatic rings. The molecule has 0 aliphatic carbocycles. The van der Waals surface area contributed by atoms with Gasteiger partial charge in [0.05, 0.1) is 31.1 Å². The van der Waals surface area contributed by atoms with Crippen LogP contribution in [0, 0.1) is 5.92 Å². The van der Waals surface area contributed by atoms with Gasteiger partial charge in [-0.2, -0.15) is 0 Å². The maximum Gasteiger partial charge on any atom is 0.306 e. The van der Waals surface area contributed by atoms with Crippen LogP contribution >= 0.6 is 0 Å². The molecule has 0 aliphatic heterocycles. The third-order valence-electron chi connectivity index (χ3n) is 5.95. The van der Waals surface area contributed by atoms with Gasteiger partial charge in [0.2, 0.25) is 5.43 Å². The Kier molecular flexibility index (Phi) is 7.29. The Morgan fingerprint density at radius 3 is 2.31 bits per heavy atom. The molecule has 1 atom stereocenters. The Hall–Kier alpha value is -4.26. The Balaban J connectivity index is 1.83. The average molecular weight is 489 g/mol. The second kappa shape index (κ2) is 10.6. The summed E-state index contributed by atoms with van der Waals surface area (Å²) in [5.41, 5.74) is 1.85. The van der Waals surface area contributed by atoms with Crippen molar-refractivity contribution >= 4 is 16.9 Å². The number of esters is 1. The van der Waals surface area contributed by atoms with E-state index in [4.69, 9.17) is 13.9 Å². The molecule has 3 aromatic carbocycles. The van der Waals surface area contributed by atoms with Crippen molar-refractivity contribution in [1.82, 2.24) is 0 Å². The van der Waals surface area contributed by atoms with Gasteiger partial charge in [-0.15, -0.1) is 0 Å². The molecule has 0 fully saturated rings. The second-order valence-corrected chi connectivity index (χ2v) is 9.01. The smallest absolute Gasteiger partial charge is 0.306 e. The van der Waals surface area contributed by atoms with E-state index in [1.54, 1.807) is 12.1 Å². The SMILES string of the molecule is COC(=O)CC(c1ccc(OCC(C)C)cc1)c1c(O)ccc2c(=O)c(-c3ccc(O)cc3)coc12. The van der Waals surface area contributed by atoms with Crippen LogP contribution in [0.4, 0.5) is 0 Å². The number of benzene rings is 3. The highest BCUT2D eigenvalue weighted by atomic mass is 16.5. The molecule has 0 radical (unpaired) electrons. The molecule has 0 saturated heterocycles.